The smallest absolute Gasteiger partial charge is 0.306 e. The number of hydrogen-bond acceptors (Lipinski definition) is 5. The van der Waals surface area contributed by atoms with Crippen molar-refractivity contribution < 1.29 is 19.1 Å². The van der Waals surface area contributed by atoms with Crippen LogP contribution in [0.2, 0.25) is 0 Å². The van der Waals surface area contributed by atoms with Gasteiger partial charge in [0, 0.05) is 23.7 Å². The van der Waals surface area contributed by atoms with Crippen LogP contribution in [0.25, 0.3) is 0 Å². The van der Waals surface area contributed by atoms with E-state index in [1.807, 2.05) is 0 Å². The van der Waals surface area contributed by atoms with E-state index in [-0.39, 0.29) is 37.2 Å². The third-order valence-corrected chi connectivity index (χ3v) is 4.62. The molecule has 0 spiro atoms. The summed E-state index contributed by atoms with van der Waals surface area (Å²) in [4.78, 5) is 35.7. The summed E-state index contributed by atoms with van der Waals surface area (Å²) < 4.78 is 4.98. The minimum atomic E-state index is -0.540. The highest BCUT2D eigenvalue weighted by Gasteiger charge is 2.16. The molecule has 1 aliphatic carbocycles. The third kappa shape index (κ3) is 7.25. The van der Waals surface area contributed by atoms with Gasteiger partial charge >= 0.3 is 5.97 Å². The molecule has 0 bridgehead atoms. The molecule has 0 aliphatic heterocycles. The van der Waals surface area contributed by atoms with Gasteiger partial charge in [0.15, 0.2) is 12.4 Å². The SMILES string of the molecule is Nc1ccc(C(=O)CCC(=O)OCC(=O)NC2CCCCCCC2)cc1. The average Bonchev–Trinajstić information content (AvgIpc) is 2.60. The molecule has 0 atom stereocenters. The standard InChI is InChI=1S/C20H28N2O4/c21-16-10-8-15(9-11-16)18(23)12-13-20(25)26-14-19(24)22-17-6-4-2-1-3-5-7-17/h8-11,17H,1-7,12-14,21H2,(H,22,24). The Morgan fingerprint density at radius 1 is 0.962 bits per heavy atom. The van der Waals surface area contributed by atoms with Crippen LogP contribution in [0.1, 0.15) is 68.1 Å². The van der Waals surface area contributed by atoms with Gasteiger partial charge in [0.05, 0.1) is 6.42 Å². The van der Waals surface area contributed by atoms with Crippen LogP contribution in [0.4, 0.5) is 5.69 Å². The number of carbonyl (C=O) groups is 3. The zero-order valence-corrected chi connectivity index (χ0v) is 15.2. The molecule has 1 fully saturated rings. The lowest BCUT2D eigenvalue weighted by molar-refractivity contribution is -0.148. The van der Waals surface area contributed by atoms with Gasteiger partial charge < -0.3 is 15.8 Å². The van der Waals surface area contributed by atoms with Crippen molar-refractivity contribution in [3.63, 3.8) is 0 Å². The van der Waals surface area contributed by atoms with Gasteiger partial charge in [-0.1, -0.05) is 32.1 Å². The summed E-state index contributed by atoms with van der Waals surface area (Å²) in [5, 5.41) is 2.94. The Kier molecular flexibility index (Phi) is 8.12. The Hall–Kier alpha value is -2.37. The van der Waals surface area contributed by atoms with Crippen molar-refractivity contribution in [3.05, 3.63) is 29.8 Å². The number of amides is 1. The zero-order chi connectivity index (χ0) is 18.8. The molecule has 0 saturated heterocycles. The number of nitrogen functional groups attached to an aromatic ring is 1. The fraction of sp³-hybridized carbons (Fsp3) is 0.550. The van der Waals surface area contributed by atoms with Gasteiger partial charge in [0.2, 0.25) is 0 Å². The summed E-state index contributed by atoms with van der Waals surface area (Å²) in [5.74, 6) is -0.962. The first-order valence-electron chi connectivity index (χ1n) is 9.38. The first-order valence-corrected chi connectivity index (χ1v) is 9.38. The molecule has 1 amide bonds. The summed E-state index contributed by atoms with van der Waals surface area (Å²) >= 11 is 0. The normalized spacial score (nSPS) is 15.5. The molecule has 0 unspecified atom stereocenters. The fourth-order valence-electron chi connectivity index (χ4n) is 3.12. The number of ether oxygens (including phenoxy) is 1. The number of benzene rings is 1. The third-order valence-electron chi connectivity index (χ3n) is 4.62. The Morgan fingerprint density at radius 3 is 2.23 bits per heavy atom. The molecular formula is C20H28N2O4. The summed E-state index contributed by atoms with van der Waals surface area (Å²) in [6, 6.07) is 6.72. The Labute approximate surface area is 154 Å². The van der Waals surface area contributed by atoms with E-state index in [4.69, 9.17) is 10.5 Å². The largest absolute Gasteiger partial charge is 0.456 e. The molecule has 142 valence electrons. The lowest BCUT2D eigenvalue weighted by Crippen LogP contribution is -2.38. The van der Waals surface area contributed by atoms with E-state index in [1.54, 1.807) is 24.3 Å². The van der Waals surface area contributed by atoms with Crippen molar-refractivity contribution in [2.24, 2.45) is 0 Å². The zero-order valence-electron chi connectivity index (χ0n) is 15.2. The van der Waals surface area contributed by atoms with E-state index in [0.717, 1.165) is 25.7 Å². The Balaban J connectivity index is 1.65. The van der Waals surface area contributed by atoms with Gasteiger partial charge in [0.25, 0.3) is 5.91 Å². The van der Waals surface area contributed by atoms with Crippen LogP contribution in [-0.4, -0.2) is 30.3 Å². The number of nitrogens with two attached hydrogens (primary N) is 1. The topological polar surface area (TPSA) is 98.5 Å². The molecular weight excluding hydrogens is 332 g/mol. The van der Waals surface area contributed by atoms with Crippen molar-refractivity contribution in [3.8, 4) is 0 Å². The summed E-state index contributed by atoms with van der Waals surface area (Å²) in [6.45, 7) is -0.286. The molecule has 0 heterocycles. The number of ketones is 1. The van der Waals surface area contributed by atoms with E-state index in [2.05, 4.69) is 5.32 Å². The van der Waals surface area contributed by atoms with Crippen LogP contribution in [0.5, 0.6) is 0 Å². The number of nitrogens with one attached hydrogen (secondary N) is 1. The maximum atomic E-state index is 12.0. The Bertz CT molecular complexity index is 605. The molecule has 1 aromatic carbocycles. The molecule has 6 nitrogen and oxygen atoms in total. The van der Waals surface area contributed by atoms with Crippen molar-refractivity contribution in [1.29, 1.82) is 0 Å². The maximum Gasteiger partial charge on any atom is 0.306 e. The van der Waals surface area contributed by atoms with Crippen molar-refractivity contribution in [2.75, 3.05) is 12.3 Å². The molecule has 26 heavy (non-hydrogen) atoms. The van der Waals surface area contributed by atoms with Crippen molar-refractivity contribution in [1.82, 2.24) is 5.32 Å². The first-order chi connectivity index (χ1) is 12.5. The molecule has 1 saturated carbocycles. The first kappa shape index (κ1) is 19.9. The minimum Gasteiger partial charge on any atom is -0.456 e. The molecule has 6 heteroatoms. The van der Waals surface area contributed by atoms with Crippen molar-refractivity contribution >= 4 is 23.3 Å². The minimum absolute atomic E-state index is 0.0417. The lowest BCUT2D eigenvalue weighted by atomic mass is 9.97. The molecule has 3 N–H and O–H groups in total. The van der Waals surface area contributed by atoms with Crippen LogP contribution < -0.4 is 11.1 Å². The van der Waals surface area contributed by atoms with Gasteiger partial charge in [-0.25, -0.2) is 0 Å². The average molecular weight is 360 g/mol. The molecule has 2 rings (SSSR count). The number of hydrogen-bond donors (Lipinski definition) is 2. The highest BCUT2D eigenvalue weighted by Crippen LogP contribution is 2.17. The highest BCUT2D eigenvalue weighted by molar-refractivity contribution is 5.97. The lowest BCUT2D eigenvalue weighted by Gasteiger charge is -2.20. The second-order valence-electron chi connectivity index (χ2n) is 6.82. The summed E-state index contributed by atoms with van der Waals surface area (Å²) in [6.07, 6.45) is 7.91. The molecule has 0 radical (unpaired) electrons. The Morgan fingerprint density at radius 2 is 1.58 bits per heavy atom. The van der Waals surface area contributed by atoms with Gasteiger partial charge in [0.1, 0.15) is 0 Å². The van der Waals surface area contributed by atoms with Gasteiger partial charge in [-0.05, 0) is 37.1 Å². The van der Waals surface area contributed by atoms with Gasteiger partial charge in [-0.2, -0.15) is 0 Å². The van der Waals surface area contributed by atoms with Crippen LogP contribution >= 0.6 is 0 Å². The number of anilines is 1. The predicted molar refractivity (Wildman–Crippen MR) is 99.6 cm³/mol. The number of Topliss-reactive ketones (excluding diaryl/α,β-unsaturated/α-hetero) is 1. The highest BCUT2D eigenvalue weighted by atomic mass is 16.5. The summed E-state index contributed by atoms with van der Waals surface area (Å²) in [7, 11) is 0. The van der Waals surface area contributed by atoms with Gasteiger partial charge in [-0.15, -0.1) is 0 Å². The van der Waals surface area contributed by atoms with Crippen LogP contribution in [0, 0.1) is 0 Å². The van der Waals surface area contributed by atoms with Crippen molar-refractivity contribution in [2.45, 2.75) is 63.8 Å². The van der Waals surface area contributed by atoms with E-state index in [1.165, 1.54) is 19.3 Å². The number of esters is 1. The maximum absolute atomic E-state index is 12.0. The van der Waals surface area contributed by atoms with Crippen LogP contribution in [0.15, 0.2) is 24.3 Å². The van der Waals surface area contributed by atoms with Crippen LogP contribution in [0.3, 0.4) is 0 Å². The summed E-state index contributed by atoms with van der Waals surface area (Å²) in [5.41, 5.74) is 6.67. The molecule has 1 aromatic rings. The van der Waals surface area contributed by atoms with Gasteiger partial charge in [-0.3, -0.25) is 14.4 Å². The number of rotatable bonds is 7. The quantitative estimate of drug-likeness (QED) is 0.442. The van der Waals surface area contributed by atoms with E-state index >= 15 is 0 Å². The second-order valence-corrected chi connectivity index (χ2v) is 6.82. The van der Waals surface area contributed by atoms with E-state index in [9.17, 15) is 14.4 Å². The monoisotopic (exact) mass is 360 g/mol. The number of carbonyl (C=O) groups excluding carboxylic acids is 3. The predicted octanol–water partition coefficient (Wildman–Crippen LogP) is 3.00. The fourth-order valence-corrected chi connectivity index (χ4v) is 3.12. The second kappa shape index (κ2) is 10.6. The molecule has 0 aromatic heterocycles. The van der Waals surface area contributed by atoms with Crippen LogP contribution in [-0.2, 0) is 14.3 Å². The van der Waals surface area contributed by atoms with E-state index < -0.39 is 5.97 Å². The van der Waals surface area contributed by atoms with E-state index in [0.29, 0.717) is 11.3 Å². The molecule has 1 aliphatic rings.